The number of alkyl halides is 3. The maximum Gasteiger partial charge on any atom is 0.268 e. The summed E-state index contributed by atoms with van der Waals surface area (Å²) >= 11 is 2.15. The third-order valence-electron chi connectivity index (χ3n) is 1.51. The van der Waals surface area contributed by atoms with Crippen LogP contribution >= 0.6 is 22.6 Å². The van der Waals surface area contributed by atoms with E-state index in [1.165, 1.54) is 0 Å². The topological polar surface area (TPSA) is 18.5 Å². The van der Waals surface area contributed by atoms with Crippen molar-refractivity contribution in [1.29, 1.82) is 0 Å². The van der Waals surface area contributed by atoms with Crippen molar-refractivity contribution in [2.75, 3.05) is 19.8 Å². The zero-order valence-electron chi connectivity index (χ0n) is 6.73. The lowest BCUT2D eigenvalue weighted by Gasteiger charge is -2.16. The first-order valence-corrected chi connectivity index (χ1v) is 4.95. The Kier molecular flexibility index (Phi) is 3.66. The standard InChI is InChI=1S/C7H11F2IO2/c1-7(8,9)4-12-6-3-11-2-5(6)10/h5-6H,2-4H2,1H3. The van der Waals surface area contributed by atoms with Crippen molar-refractivity contribution in [3.63, 3.8) is 0 Å². The van der Waals surface area contributed by atoms with Gasteiger partial charge in [-0.05, 0) is 0 Å². The molecule has 0 aromatic rings. The van der Waals surface area contributed by atoms with E-state index in [0.29, 0.717) is 13.2 Å². The van der Waals surface area contributed by atoms with Crippen LogP contribution in [0.25, 0.3) is 0 Å². The van der Waals surface area contributed by atoms with Crippen LogP contribution in [0.2, 0.25) is 0 Å². The van der Waals surface area contributed by atoms with Crippen molar-refractivity contribution in [2.24, 2.45) is 0 Å². The zero-order valence-corrected chi connectivity index (χ0v) is 8.88. The van der Waals surface area contributed by atoms with Gasteiger partial charge >= 0.3 is 0 Å². The lowest BCUT2D eigenvalue weighted by molar-refractivity contribution is -0.0856. The second kappa shape index (κ2) is 4.15. The number of hydrogen-bond acceptors (Lipinski definition) is 2. The average Bonchev–Trinajstić information content (AvgIpc) is 2.29. The van der Waals surface area contributed by atoms with Gasteiger partial charge in [0.15, 0.2) is 0 Å². The Hall–Kier alpha value is 0.510. The molecule has 1 aliphatic rings. The predicted octanol–water partition coefficient (Wildman–Crippen LogP) is 1.86. The Morgan fingerprint density at radius 1 is 1.58 bits per heavy atom. The van der Waals surface area contributed by atoms with E-state index in [4.69, 9.17) is 9.47 Å². The molecule has 1 fully saturated rings. The highest BCUT2D eigenvalue weighted by Crippen LogP contribution is 2.20. The van der Waals surface area contributed by atoms with Crippen molar-refractivity contribution in [1.82, 2.24) is 0 Å². The lowest BCUT2D eigenvalue weighted by Crippen LogP contribution is -2.29. The highest BCUT2D eigenvalue weighted by molar-refractivity contribution is 14.1. The zero-order chi connectivity index (χ0) is 9.19. The van der Waals surface area contributed by atoms with Crippen molar-refractivity contribution < 1.29 is 18.3 Å². The Morgan fingerprint density at radius 2 is 2.25 bits per heavy atom. The Bertz CT molecular complexity index is 149. The molecule has 0 spiro atoms. The smallest absolute Gasteiger partial charge is 0.268 e. The molecule has 0 saturated carbocycles. The highest BCUT2D eigenvalue weighted by atomic mass is 127. The molecule has 0 radical (unpaired) electrons. The van der Waals surface area contributed by atoms with Gasteiger partial charge in [-0.2, -0.15) is 0 Å². The van der Waals surface area contributed by atoms with E-state index in [0.717, 1.165) is 6.92 Å². The maximum absolute atomic E-state index is 12.3. The van der Waals surface area contributed by atoms with E-state index in [1.54, 1.807) is 0 Å². The summed E-state index contributed by atoms with van der Waals surface area (Å²) in [5.74, 6) is -2.74. The van der Waals surface area contributed by atoms with Gasteiger partial charge in [0.2, 0.25) is 0 Å². The van der Waals surface area contributed by atoms with Crippen LogP contribution in [-0.2, 0) is 9.47 Å². The second-order valence-electron chi connectivity index (χ2n) is 2.97. The van der Waals surface area contributed by atoms with Crippen LogP contribution in [0.1, 0.15) is 6.92 Å². The average molecular weight is 292 g/mol. The molecule has 2 unspecified atom stereocenters. The van der Waals surface area contributed by atoms with Gasteiger partial charge in [0, 0.05) is 6.92 Å². The van der Waals surface area contributed by atoms with Crippen molar-refractivity contribution in [3.05, 3.63) is 0 Å². The van der Waals surface area contributed by atoms with E-state index in [1.807, 2.05) is 0 Å². The summed E-state index contributed by atoms with van der Waals surface area (Å²) in [6, 6.07) is 0. The molecule has 1 rings (SSSR count). The second-order valence-corrected chi connectivity index (χ2v) is 4.57. The van der Waals surface area contributed by atoms with Gasteiger partial charge in [0.1, 0.15) is 6.61 Å². The van der Waals surface area contributed by atoms with Gasteiger partial charge < -0.3 is 9.47 Å². The van der Waals surface area contributed by atoms with Crippen molar-refractivity contribution >= 4 is 22.6 Å². The fraction of sp³-hybridized carbons (Fsp3) is 1.00. The molecule has 0 aromatic heterocycles. The molecule has 0 N–H and O–H groups in total. The Balaban J connectivity index is 2.23. The van der Waals surface area contributed by atoms with E-state index in [2.05, 4.69) is 22.6 Å². The van der Waals surface area contributed by atoms with Gasteiger partial charge in [0.25, 0.3) is 5.92 Å². The SMILES string of the molecule is CC(F)(F)COC1COCC1I. The molecule has 2 atom stereocenters. The summed E-state index contributed by atoms with van der Waals surface area (Å²) < 4.78 is 34.9. The summed E-state index contributed by atoms with van der Waals surface area (Å²) in [5.41, 5.74) is 0. The number of hydrogen-bond donors (Lipinski definition) is 0. The third kappa shape index (κ3) is 3.49. The number of ether oxygens (including phenoxy) is 2. The van der Waals surface area contributed by atoms with Crippen LogP contribution in [0.4, 0.5) is 8.78 Å². The fourth-order valence-electron chi connectivity index (χ4n) is 0.914. The molecule has 1 saturated heterocycles. The molecule has 5 heteroatoms. The maximum atomic E-state index is 12.3. The van der Waals surface area contributed by atoms with Crippen molar-refractivity contribution in [3.8, 4) is 0 Å². The molecule has 1 heterocycles. The molecule has 0 aliphatic carbocycles. The minimum Gasteiger partial charge on any atom is -0.378 e. The molecular weight excluding hydrogens is 281 g/mol. The predicted molar refractivity (Wildman–Crippen MR) is 49.0 cm³/mol. The normalized spacial score (nSPS) is 31.0. The van der Waals surface area contributed by atoms with Gasteiger partial charge in [0.05, 0.1) is 23.2 Å². The van der Waals surface area contributed by atoms with Gasteiger partial charge in [-0.15, -0.1) is 0 Å². The largest absolute Gasteiger partial charge is 0.378 e. The highest BCUT2D eigenvalue weighted by Gasteiger charge is 2.30. The van der Waals surface area contributed by atoms with Gasteiger partial charge in [-0.1, -0.05) is 22.6 Å². The first-order chi connectivity index (χ1) is 5.49. The minimum atomic E-state index is -2.74. The fourth-order valence-corrected chi connectivity index (χ4v) is 1.58. The van der Waals surface area contributed by atoms with Crippen LogP contribution in [-0.4, -0.2) is 35.8 Å². The molecule has 72 valence electrons. The molecule has 0 bridgehead atoms. The van der Waals surface area contributed by atoms with E-state index in [-0.39, 0.29) is 10.0 Å². The Labute approximate surface area is 83.7 Å². The molecule has 12 heavy (non-hydrogen) atoms. The summed E-state index contributed by atoms with van der Waals surface area (Å²) in [4.78, 5) is 0. The summed E-state index contributed by atoms with van der Waals surface area (Å²) in [7, 11) is 0. The van der Waals surface area contributed by atoms with Crippen LogP contribution in [0.3, 0.4) is 0 Å². The van der Waals surface area contributed by atoms with Crippen molar-refractivity contribution in [2.45, 2.75) is 22.9 Å². The van der Waals surface area contributed by atoms with E-state index >= 15 is 0 Å². The summed E-state index contributed by atoms with van der Waals surface area (Å²) in [6.07, 6.45) is -0.170. The van der Waals surface area contributed by atoms with E-state index in [9.17, 15) is 8.78 Å². The first-order valence-electron chi connectivity index (χ1n) is 3.70. The van der Waals surface area contributed by atoms with Crippen LogP contribution in [0.15, 0.2) is 0 Å². The third-order valence-corrected chi connectivity index (χ3v) is 2.68. The molecule has 1 aliphatic heterocycles. The number of halogens is 3. The summed E-state index contributed by atoms with van der Waals surface area (Å²) in [6.45, 7) is 1.37. The molecule has 0 aromatic carbocycles. The quantitative estimate of drug-likeness (QED) is 0.584. The van der Waals surface area contributed by atoms with Gasteiger partial charge in [-0.3, -0.25) is 0 Å². The summed E-state index contributed by atoms with van der Waals surface area (Å²) in [5, 5.41) is 0. The Morgan fingerprint density at radius 3 is 2.67 bits per heavy atom. The van der Waals surface area contributed by atoms with E-state index < -0.39 is 12.5 Å². The van der Waals surface area contributed by atoms with Crippen LogP contribution in [0.5, 0.6) is 0 Å². The molecule has 0 amide bonds. The number of rotatable bonds is 3. The molecule has 2 nitrogen and oxygen atoms in total. The lowest BCUT2D eigenvalue weighted by atomic mass is 10.3. The minimum absolute atomic E-state index is 0.170. The monoisotopic (exact) mass is 292 g/mol. The first kappa shape index (κ1) is 10.6. The van der Waals surface area contributed by atoms with Crippen LogP contribution in [0, 0.1) is 0 Å². The van der Waals surface area contributed by atoms with Gasteiger partial charge in [-0.25, -0.2) is 8.78 Å². The van der Waals surface area contributed by atoms with Crippen LogP contribution < -0.4 is 0 Å². The molecular formula is C7H11F2IO2.